The van der Waals surface area contributed by atoms with Crippen LogP contribution >= 0.6 is 11.3 Å². The van der Waals surface area contributed by atoms with Gasteiger partial charge in [-0.2, -0.15) is 0 Å². The number of nitrogens with one attached hydrogen (secondary N) is 1. The molecule has 1 aliphatic rings. The molecule has 1 saturated heterocycles. The third-order valence-electron chi connectivity index (χ3n) is 5.53. The first-order valence-electron chi connectivity index (χ1n) is 10.4. The summed E-state index contributed by atoms with van der Waals surface area (Å²) in [6, 6.07) is 15.0. The van der Waals surface area contributed by atoms with Gasteiger partial charge in [0.1, 0.15) is 10.8 Å². The van der Waals surface area contributed by atoms with Crippen LogP contribution in [0.4, 0.5) is 10.8 Å². The van der Waals surface area contributed by atoms with Crippen molar-refractivity contribution in [2.45, 2.75) is 38.5 Å². The maximum absolute atomic E-state index is 12.6. The molecular weight excluding hydrogens is 424 g/mol. The number of rotatable bonds is 5. The van der Waals surface area contributed by atoms with Gasteiger partial charge in [-0.25, -0.2) is 0 Å². The van der Waals surface area contributed by atoms with Crippen LogP contribution in [0.1, 0.15) is 54.0 Å². The number of hydrogen-bond acceptors (Lipinski definition) is 6. The van der Waals surface area contributed by atoms with Gasteiger partial charge >= 0.3 is 0 Å². The fourth-order valence-corrected chi connectivity index (χ4v) is 4.46. The molecule has 2 amide bonds. The van der Waals surface area contributed by atoms with Crippen LogP contribution in [0.25, 0.3) is 0 Å². The number of benzene rings is 2. The van der Waals surface area contributed by atoms with Gasteiger partial charge < -0.3 is 9.64 Å². The Hall–Kier alpha value is -3.26. The lowest BCUT2D eigenvalue weighted by Crippen LogP contribution is -2.24. The van der Waals surface area contributed by atoms with Crippen molar-refractivity contribution >= 4 is 34.0 Å². The Morgan fingerprint density at radius 2 is 1.78 bits per heavy atom. The highest BCUT2D eigenvalue weighted by Crippen LogP contribution is 2.35. The van der Waals surface area contributed by atoms with E-state index in [2.05, 4.69) is 36.3 Å². The second-order valence-corrected chi connectivity index (χ2v) is 9.84. The number of carbonyl (C=O) groups excluding carboxylic acids is 2. The largest absolute Gasteiger partial charge is 0.497 e. The zero-order chi connectivity index (χ0) is 22.9. The average molecular weight is 451 g/mol. The van der Waals surface area contributed by atoms with E-state index in [4.69, 9.17) is 4.74 Å². The summed E-state index contributed by atoms with van der Waals surface area (Å²) in [4.78, 5) is 26.9. The van der Waals surface area contributed by atoms with Gasteiger partial charge in [-0.15, -0.1) is 10.2 Å². The molecule has 0 spiro atoms. The van der Waals surface area contributed by atoms with Crippen molar-refractivity contribution in [3.63, 3.8) is 0 Å². The van der Waals surface area contributed by atoms with Crippen LogP contribution in [-0.2, 0) is 10.2 Å². The van der Waals surface area contributed by atoms with Gasteiger partial charge in [0.2, 0.25) is 11.0 Å². The smallest absolute Gasteiger partial charge is 0.257 e. The van der Waals surface area contributed by atoms with E-state index in [0.717, 1.165) is 16.4 Å². The molecule has 1 aliphatic heterocycles. The lowest BCUT2D eigenvalue weighted by Gasteiger charge is -2.18. The van der Waals surface area contributed by atoms with Crippen LogP contribution in [0.2, 0.25) is 0 Å². The Morgan fingerprint density at radius 3 is 2.41 bits per heavy atom. The topological polar surface area (TPSA) is 84.4 Å². The molecule has 4 rings (SSSR count). The van der Waals surface area contributed by atoms with E-state index in [-0.39, 0.29) is 23.1 Å². The van der Waals surface area contributed by atoms with Crippen LogP contribution < -0.4 is 15.0 Å². The first-order valence-corrected chi connectivity index (χ1v) is 11.3. The second-order valence-electron chi connectivity index (χ2n) is 8.83. The first-order chi connectivity index (χ1) is 15.2. The van der Waals surface area contributed by atoms with Crippen LogP contribution in [0, 0.1) is 0 Å². The van der Waals surface area contributed by atoms with Gasteiger partial charge in [0.05, 0.1) is 7.11 Å². The molecule has 0 saturated carbocycles. The highest BCUT2D eigenvalue weighted by atomic mass is 32.1. The highest BCUT2D eigenvalue weighted by molar-refractivity contribution is 7.15. The predicted octanol–water partition coefficient (Wildman–Crippen LogP) is 4.62. The van der Waals surface area contributed by atoms with E-state index in [0.29, 0.717) is 23.7 Å². The minimum Gasteiger partial charge on any atom is -0.497 e. The number of ether oxygens (including phenoxy) is 1. The zero-order valence-corrected chi connectivity index (χ0v) is 19.4. The van der Waals surface area contributed by atoms with Gasteiger partial charge in [-0.3, -0.25) is 14.9 Å². The monoisotopic (exact) mass is 450 g/mol. The Labute approximate surface area is 191 Å². The Balaban J connectivity index is 1.41. The van der Waals surface area contributed by atoms with Crippen molar-refractivity contribution in [2.24, 2.45) is 0 Å². The Morgan fingerprint density at radius 1 is 1.09 bits per heavy atom. The van der Waals surface area contributed by atoms with Crippen molar-refractivity contribution in [2.75, 3.05) is 23.9 Å². The summed E-state index contributed by atoms with van der Waals surface area (Å²) in [7, 11) is 1.61. The van der Waals surface area contributed by atoms with E-state index in [1.807, 2.05) is 48.5 Å². The molecule has 0 aliphatic carbocycles. The van der Waals surface area contributed by atoms with Crippen LogP contribution in [-0.4, -0.2) is 35.7 Å². The Bertz CT molecular complexity index is 1120. The lowest BCUT2D eigenvalue weighted by molar-refractivity contribution is -0.117. The number of hydrogen-bond donors (Lipinski definition) is 1. The molecule has 7 nitrogen and oxygen atoms in total. The molecular formula is C24H26N4O3S. The van der Waals surface area contributed by atoms with E-state index in [1.165, 1.54) is 16.9 Å². The van der Waals surface area contributed by atoms with Gasteiger partial charge in [-0.05, 0) is 47.4 Å². The first kappa shape index (κ1) is 22.0. The van der Waals surface area contributed by atoms with E-state index in [9.17, 15) is 9.59 Å². The highest BCUT2D eigenvalue weighted by Gasteiger charge is 2.34. The van der Waals surface area contributed by atoms with E-state index >= 15 is 0 Å². The van der Waals surface area contributed by atoms with Crippen molar-refractivity contribution in [1.82, 2.24) is 10.2 Å². The van der Waals surface area contributed by atoms with E-state index in [1.54, 1.807) is 12.0 Å². The molecule has 32 heavy (non-hydrogen) atoms. The standard InChI is InChI=1S/C24H26N4O3S/c1-24(2,3)17-7-5-15(6-8-17)21(30)25-23-27-26-22(32-23)16-13-20(29)28(14-16)18-9-11-19(31-4)12-10-18/h5-12,16H,13-14H2,1-4H3,(H,25,27,30). The van der Waals surface area contributed by atoms with Crippen LogP contribution in [0.3, 0.4) is 0 Å². The summed E-state index contributed by atoms with van der Waals surface area (Å²) in [5.41, 5.74) is 2.59. The number of anilines is 2. The molecule has 8 heteroatoms. The molecule has 1 N–H and O–H groups in total. The number of aromatic nitrogens is 2. The molecule has 2 aromatic carbocycles. The van der Waals surface area contributed by atoms with Crippen LogP contribution in [0.5, 0.6) is 5.75 Å². The predicted molar refractivity (Wildman–Crippen MR) is 126 cm³/mol. The van der Waals surface area contributed by atoms with Gasteiger partial charge in [0.15, 0.2) is 0 Å². The average Bonchev–Trinajstić information content (AvgIpc) is 3.40. The van der Waals surface area contributed by atoms with Gasteiger partial charge in [0, 0.05) is 30.1 Å². The summed E-state index contributed by atoms with van der Waals surface area (Å²) >= 11 is 1.31. The maximum atomic E-state index is 12.6. The van der Waals surface area contributed by atoms with Crippen molar-refractivity contribution in [3.8, 4) is 5.75 Å². The summed E-state index contributed by atoms with van der Waals surface area (Å²) < 4.78 is 5.18. The second kappa shape index (κ2) is 8.70. The number of amides is 2. The molecule has 3 aromatic rings. The number of carbonyl (C=O) groups is 2. The normalized spacial score (nSPS) is 16.3. The fraction of sp³-hybridized carbons (Fsp3) is 0.333. The summed E-state index contributed by atoms with van der Waals surface area (Å²) in [6.07, 6.45) is 0.364. The minimum atomic E-state index is -0.226. The molecule has 2 heterocycles. The summed E-state index contributed by atoms with van der Waals surface area (Å²) in [5, 5.41) is 12.3. The van der Waals surface area contributed by atoms with Crippen LogP contribution in [0.15, 0.2) is 48.5 Å². The Kier molecular flexibility index (Phi) is 5.97. The van der Waals surface area contributed by atoms with Crippen molar-refractivity contribution in [1.29, 1.82) is 0 Å². The molecule has 1 atom stereocenters. The maximum Gasteiger partial charge on any atom is 0.257 e. The third-order valence-corrected chi connectivity index (χ3v) is 6.53. The van der Waals surface area contributed by atoms with E-state index < -0.39 is 0 Å². The van der Waals surface area contributed by atoms with Crippen molar-refractivity contribution < 1.29 is 14.3 Å². The summed E-state index contributed by atoms with van der Waals surface area (Å²) in [5.74, 6) is 0.503. The quantitative estimate of drug-likeness (QED) is 0.613. The zero-order valence-electron chi connectivity index (χ0n) is 18.6. The molecule has 1 unspecified atom stereocenters. The molecule has 1 fully saturated rings. The number of nitrogens with zero attached hydrogens (tertiary/aromatic N) is 3. The number of methoxy groups -OCH3 is 1. The molecule has 166 valence electrons. The lowest BCUT2D eigenvalue weighted by atomic mass is 9.87. The molecule has 0 bridgehead atoms. The van der Waals surface area contributed by atoms with Gasteiger partial charge in [0.25, 0.3) is 5.91 Å². The van der Waals surface area contributed by atoms with Gasteiger partial charge in [-0.1, -0.05) is 44.2 Å². The summed E-state index contributed by atoms with van der Waals surface area (Å²) in [6.45, 7) is 6.93. The van der Waals surface area contributed by atoms with Crippen molar-refractivity contribution in [3.05, 3.63) is 64.7 Å². The third kappa shape index (κ3) is 4.65. The molecule has 1 aromatic heterocycles. The fourth-order valence-electron chi connectivity index (χ4n) is 3.63. The SMILES string of the molecule is COc1ccc(N2CC(c3nnc(NC(=O)c4ccc(C(C)(C)C)cc4)s3)CC2=O)cc1. The molecule has 0 radical (unpaired) electrons. The minimum absolute atomic E-state index is 0.0293.